The van der Waals surface area contributed by atoms with Crippen molar-refractivity contribution in [2.24, 2.45) is 0 Å². The minimum Gasteiger partial charge on any atom is -0.365 e. The molecule has 0 radical (unpaired) electrons. The SMILES string of the molecule is Cc1ccc(N[C@H]2CCC[C@@H]2NC(=O)c2c(F)cccc2-n2nccn2)nc1. The number of amides is 1. The van der Waals surface area contributed by atoms with Crippen molar-refractivity contribution in [2.45, 2.75) is 38.3 Å². The van der Waals surface area contributed by atoms with E-state index in [-0.39, 0.29) is 17.6 Å². The highest BCUT2D eigenvalue weighted by molar-refractivity contribution is 5.98. The normalized spacial score (nSPS) is 18.8. The smallest absolute Gasteiger partial charge is 0.256 e. The number of aryl methyl sites for hydroxylation is 1. The number of carbonyl (C=O) groups excluding carboxylic acids is 1. The molecule has 0 bridgehead atoms. The van der Waals surface area contributed by atoms with E-state index >= 15 is 0 Å². The first kappa shape index (κ1) is 18.1. The summed E-state index contributed by atoms with van der Waals surface area (Å²) in [5, 5.41) is 14.4. The van der Waals surface area contributed by atoms with E-state index in [9.17, 15) is 9.18 Å². The summed E-state index contributed by atoms with van der Waals surface area (Å²) < 4.78 is 14.5. The number of benzene rings is 1. The van der Waals surface area contributed by atoms with Gasteiger partial charge >= 0.3 is 0 Å². The second kappa shape index (κ2) is 7.75. The number of hydrogen-bond acceptors (Lipinski definition) is 5. The standard InChI is InChI=1S/C20H21FN6O/c1-13-8-9-18(22-12-13)25-15-5-3-6-16(15)26-20(28)19-14(21)4-2-7-17(19)27-23-10-11-24-27/h2,4,7-12,15-16H,3,5-6H2,1H3,(H,22,25)(H,26,28)/t15-,16-/m0/s1. The van der Waals surface area contributed by atoms with Crippen LogP contribution in [0.15, 0.2) is 48.9 Å². The summed E-state index contributed by atoms with van der Waals surface area (Å²) in [6.07, 6.45) is 7.47. The molecule has 1 amide bonds. The lowest BCUT2D eigenvalue weighted by molar-refractivity contribution is 0.0931. The summed E-state index contributed by atoms with van der Waals surface area (Å²) in [6, 6.07) is 8.26. The fourth-order valence-corrected chi connectivity index (χ4v) is 3.53. The Bertz CT molecular complexity index is 957. The number of anilines is 1. The highest BCUT2D eigenvalue weighted by Crippen LogP contribution is 2.24. The zero-order valence-corrected chi connectivity index (χ0v) is 15.5. The molecule has 2 atom stereocenters. The number of pyridine rings is 1. The maximum Gasteiger partial charge on any atom is 0.256 e. The summed E-state index contributed by atoms with van der Waals surface area (Å²) in [6.45, 7) is 1.98. The van der Waals surface area contributed by atoms with Crippen LogP contribution in [0.1, 0.15) is 35.2 Å². The summed E-state index contributed by atoms with van der Waals surface area (Å²) >= 11 is 0. The van der Waals surface area contributed by atoms with Gasteiger partial charge in [-0.05, 0) is 49.9 Å². The van der Waals surface area contributed by atoms with Gasteiger partial charge < -0.3 is 10.6 Å². The van der Waals surface area contributed by atoms with E-state index in [1.165, 1.54) is 29.3 Å². The number of aromatic nitrogens is 4. The van der Waals surface area contributed by atoms with Gasteiger partial charge in [0.25, 0.3) is 5.91 Å². The predicted molar refractivity (Wildman–Crippen MR) is 103 cm³/mol. The first-order valence-corrected chi connectivity index (χ1v) is 9.27. The molecule has 2 aromatic heterocycles. The average Bonchev–Trinajstić information content (AvgIpc) is 3.36. The number of carbonyl (C=O) groups is 1. The molecule has 2 heterocycles. The highest BCUT2D eigenvalue weighted by atomic mass is 19.1. The molecule has 7 nitrogen and oxygen atoms in total. The molecule has 0 aliphatic heterocycles. The molecule has 1 aliphatic carbocycles. The minimum atomic E-state index is -0.602. The molecule has 28 heavy (non-hydrogen) atoms. The lowest BCUT2D eigenvalue weighted by Crippen LogP contribution is -2.44. The van der Waals surface area contributed by atoms with Crippen LogP contribution in [0.4, 0.5) is 10.2 Å². The summed E-state index contributed by atoms with van der Waals surface area (Å²) in [7, 11) is 0. The number of nitrogens with one attached hydrogen (secondary N) is 2. The van der Waals surface area contributed by atoms with Crippen molar-refractivity contribution < 1.29 is 9.18 Å². The molecule has 144 valence electrons. The van der Waals surface area contributed by atoms with Gasteiger partial charge in [-0.2, -0.15) is 15.0 Å². The van der Waals surface area contributed by atoms with E-state index in [1.807, 2.05) is 19.1 Å². The van der Waals surface area contributed by atoms with Gasteiger partial charge in [-0.25, -0.2) is 9.37 Å². The first-order valence-electron chi connectivity index (χ1n) is 9.27. The van der Waals surface area contributed by atoms with Crippen LogP contribution in [0.2, 0.25) is 0 Å². The maximum atomic E-state index is 14.5. The lowest BCUT2D eigenvalue weighted by Gasteiger charge is -2.23. The van der Waals surface area contributed by atoms with Crippen molar-refractivity contribution >= 4 is 11.7 Å². The third-order valence-corrected chi connectivity index (χ3v) is 4.93. The molecule has 1 aliphatic rings. The molecule has 8 heteroatoms. The Morgan fingerprint density at radius 1 is 1.14 bits per heavy atom. The molecule has 0 spiro atoms. The molecule has 1 aromatic carbocycles. The summed E-state index contributed by atoms with van der Waals surface area (Å²) in [4.78, 5) is 18.5. The average molecular weight is 380 g/mol. The highest BCUT2D eigenvalue weighted by Gasteiger charge is 2.30. The van der Waals surface area contributed by atoms with Gasteiger partial charge in [-0.3, -0.25) is 4.79 Å². The largest absolute Gasteiger partial charge is 0.365 e. The number of halogens is 1. The van der Waals surface area contributed by atoms with Gasteiger partial charge in [-0.15, -0.1) is 0 Å². The molecule has 0 saturated heterocycles. The van der Waals surface area contributed by atoms with Crippen molar-refractivity contribution in [3.05, 3.63) is 65.9 Å². The van der Waals surface area contributed by atoms with Crippen LogP contribution in [-0.4, -0.2) is 38.0 Å². The molecular formula is C20H21FN6O. The first-order chi connectivity index (χ1) is 13.6. The van der Waals surface area contributed by atoms with Crippen LogP contribution in [-0.2, 0) is 0 Å². The van der Waals surface area contributed by atoms with Crippen LogP contribution in [0.5, 0.6) is 0 Å². The van der Waals surface area contributed by atoms with Gasteiger partial charge in [0, 0.05) is 18.3 Å². The second-order valence-corrected chi connectivity index (χ2v) is 6.93. The Kier molecular flexibility index (Phi) is 5.01. The van der Waals surface area contributed by atoms with E-state index in [4.69, 9.17) is 0 Å². The molecule has 1 fully saturated rings. The van der Waals surface area contributed by atoms with Gasteiger partial charge in [-0.1, -0.05) is 12.1 Å². The van der Waals surface area contributed by atoms with Crippen molar-refractivity contribution in [3.63, 3.8) is 0 Å². The minimum absolute atomic E-state index is 0.0391. The van der Waals surface area contributed by atoms with Gasteiger partial charge in [0.05, 0.1) is 12.4 Å². The second-order valence-electron chi connectivity index (χ2n) is 6.93. The van der Waals surface area contributed by atoms with E-state index in [0.717, 1.165) is 30.6 Å². The van der Waals surface area contributed by atoms with Crippen LogP contribution in [0, 0.1) is 12.7 Å². The third-order valence-electron chi connectivity index (χ3n) is 4.93. The van der Waals surface area contributed by atoms with Gasteiger partial charge in [0.2, 0.25) is 0 Å². The number of hydrogen-bond donors (Lipinski definition) is 2. The fourth-order valence-electron chi connectivity index (χ4n) is 3.53. The maximum absolute atomic E-state index is 14.5. The van der Waals surface area contributed by atoms with Crippen molar-refractivity contribution in [1.82, 2.24) is 25.3 Å². The van der Waals surface area contributed by atoms with Crippen molar-refractivity contribution in [3.8, 4) is 5.69 Å². The molecule has 1 saturated carbocycles. The van der Waals surface area contributed by atoms with Crippen molar-refractivity contribution in [1.29, 1.82) is 0 Å². The Balaban J connectivity index is 1.52. The van der Waals surface area contributed by atoms with Crippen LogP contribution in [0.3, 0.4) is 0 Å². The summed E-state index contributed by atoms with van der Waals surface area (Å²) in [5.74, 6) is -0.306. The predicted octanol–water partition coefficient (Wildman–Crippen LogP) is 2.87. The third kappa shape index (κ3) is 3.71. The topological polar surface area (TPSA) is 84.7 Å². The van der Waals surface area contributed by atoms with Gasteiger partial charge in [0.15, 0.2) is 0 Å². The quantitative estimate of drug-likeness (QED) is 0.711. The molecule has 4 rings (SSSR count). The molecule has 0 unspecified atom stereocenters. The molecular weight excluding hydrogens is 359 g/mol. The number of rotatable bonds is 5. The van der Waals surface area contributed by atoms with E-state index in [1.54, 1.807) is 12.3 Å². The van der Waals surface area contributed by atoms with Crippen LogP contribution >= 0.6 is 0 Å². The lowest BCUT2D eigenvalue weighted by atomic mass is 10.1. The van der Waals surface area contributed by atoms with E-state index in [2.05, 4.69) is 25.8 Å². The Morgan fingerprint density at radius 3 is 2.68 bits per heavy atom. The Morgan fingerprint density at radius 2 is 1.93 bits per heavy atom. The Labute approximate surface area is 162 Å². The Hall–Kier alpha value is -3.29. The fraction of sp³-hybridized carbons (Fsp3) is 0.300. The zero-order valence-electron chi connectivity index (χ0n) is 15.5. The zero-order chi connectivity index (χ0) is 19.5. The van der Waals surface area contributed by atoms with E-state index < -0.39 is 11.7 Å². The van der Waals surface area contributed by atoms with Gasteiger partial charge in [0.1, 0.15) is 22.9 Å². The number of nitrogens with zero attached hydrogens (tertiary/aromatic N) is 4. The molecule has 2 N–H and O–H groups in total. The summed E-state index contributed by atoms with van der Waals surface area (Å²) in [5.41, 5.74) is 1.34. The van der Waals surface area contributed by atoms with Crippen LogP contribution in [0.25, 0.3) is 5.69 Å². The van der Waals surface area contributed by atoms with E-state index in [0.29, 0.717) is 5.69 Å². The monoisotopic (exact) mass is 380 g/mol. The molecule has 3 aromatic rings. The van der Waals surface area contributed by atoms with Crippen LogP contribution < -0.4 is 10.6 Å². The van der Waals surface area contributed by atoms with Crippen molar-refractivity contribution in [2.75, 3.05) is 5.32 Å².